The first-order chi connectivity index (χ1) is 9.29. The monoisotopic (exact) mass is 262 g/mol. The zero-order valence-electron chi connectivity index (χ0n) is 12.2. The van der Waals surface area contributed by atoms with Crippen LogP contribution in [0.3, 0.4) is 0 Å². The predicted molar refractivity (Wildman–Crippen MR) is 79.4 cm³/mol. The van der Waals surface area contributed by atoms with Crippen LogP contribution in [0.2, 0.25) is 0 Å². The summed E-state index contributed by atoms with van der Waals surface area (Å²) in [5, 5.41) is 3.76. The quantitative estimate of drug-likeness (QED) is 0.855. The van der Waals surface area contributed by atoms with E-state index in [0.717, 1.165) is 19.0 Å². The van der Waals surface area contributed by atoms with Gasteiger partial charge in [0.1, 0.15) is 0 Å². The van der Waals surface area contributed by atoms with Crippen LogP contribution in [0, 0.1) is 0 Å². The van der Waals surface area contributed by atoms with Gasteiger partial charge in [0.2, 0.25) is 5.95 Å². The van der Waals surface area contributed by atoms with E-state index in [2.05, 4.69) is 34.0 Å². The van der Waals surface area contributed by atoms with Gasteiger partial charge in [-0.05, 0) is 32.3 Å². The molecule has 4 heteroatoms. The molecule has 2 heterocycles. The van der Waals surface area contributed by atoms with Crippen LogP contribution in [-0.2, 0) is 0 Å². The highest BCUT2D eigenvalue weighted by Gasteiger charge is 2.22. The topological polar surface area (TPSA) is 41.0 Å². The molecule has 0 aliphatic carbocycles. The zero-order valence-corrected chi connectivity index (χ0v) is 12.2. The van der Waals surface area contributed by atoms with Gasteiger partial charge in [0.25, 0.3) is 0 Å². The molecule has 2 atom stereocenters. The van der Waals surface area contributed by atoms with Gasteiger partial charge in [0.15, 0.2) is 0 Å². The van der Waals surface area contributed by atoms with E-state index >= 15 is 0 Å². The van der Waals surface area contributed by atoms with Crippen LogP contribution in [-0.4, -0.2) is 35.1 Å². The van der Waals surface area contributed by atoms with Crippen LogP contribution in [0.15, 0.2) is 18.5 Å². The van der Waals surface area contributed by atoms with Crippen molar-refractivity contribution < 1.29 is 0 Å². The van der Waals surface area contributed by atoms with Crippen molar-refractivity contribution in [1.29, 1.82) is 0 Å². The summed E-state index contributed by atoms with van der Waals surface area (Å²) in [6.45, 7) is 6.65. The molecule has 1 N–H and O–H groups in total. The highest BCUT2D eigenvalue weighted by Crippen LogP contribution is 2.16. The van der Waals surface area contributed by atoms with Crippen molar-refractivity contribution in [2.24, 2.45) is 0 Å². The second kappa shape index (κ2) is 7.43. The molecule has 0 aromatic carbocycles. The summed E-state index contributed by atoms with van der Waals surface area (Å²) in [7, 11) is 0. The van der Waals surface area contributed by atoms with E-state index in [1.165, 1.54) is 32.1 Å². The minimum Gasteiger partial charge on any atom is -0.339 e. The fourth-order valence-corrected chi connectivity index (χ4v) is 2.75. The molecule has 1 fully saturated rings. The molecule has 4 nitrogen and oxygen atoms in total. The number of anilines is 1. The molecule has 1 aromatic rings. The Hall–Kier alpha value is -1.16. The maximum absolute atomic E-state index is 4.35. The fourth-order valence-electron chi connectivity index (χ4n) is 2.75. The van der Waals surface area contributed by atoms with Crippen LogP contribution in [0.1, 0.15) is 46.0 Å². The summed E-state index contributed by atoms with van der Waals surface area (Å²) in [5.74, 6) is 0.871. The van der Waals surface area contributed by atoms with Gasteiger partial charge in [0.05, 0.1) is 0 Å². The molecule has 19 heavy (non-hydrogen) atoms. The number of rotatable bonds is 6. The molecule has 1 saturated heterocycles. The first-order valence-electron chi connectivity index (χ1n) is 7.57. The van der Waals surface area contributed by atoms with E-state index in [-0.39, 0.29) is 0 Å². The van der Waals surface area contributed by atoms with E-state index in [1.807, 2.05) is 18.5 Å². The van der Waals surface area contributed by atoms with E-state index in [0.29, 0.717) is 12.1 Å². The minimum absolute atomic E-state index is 0.574. The maximum atomic E-state index is 4.35. The van der Waals surface area contributed by atoms with Gasteiger partial charge in [0, 0.05) is 37.6 Å². The molecule has 0 spiro atoms. The van der Waals surface area contributed by atoms with Crippen molar-refractivity contribution in [3.05, 3.63) is 18.5 Å². The van der Waals surface area contributed by atoms with Crippen LogP contribution in [0.25, 0.3) is 0 Å². The summed E-state index contributed by atoms with van der Waals surface area (Å²) >= 11 is 0. The van der Waals surface area contributed by atoms with Gasteiger partial charge in [-0.15, -0.1) is 0 Å². The third-order valence-corrected chi connectivity index (χ3v) is 3.77. The van der Waals surface area contributed by atoms with E-state index in [4.69, 9.17) is 0 Å². The van der Waals surface area contributed by atoms with Crippen LogP contribution < -0.4 is 10.2 Å². The van der Waals surface area contributed by atoms with E-state index in [9.17, 15) is 0 Å². The van der Waals surface area contributed by atoms with Crippen molar-refractivity contribution >= 4 is 5.95 Å². The average Bonchev–Trinajstić information content (AvgIpc) is 2.46. The molecule has 106 valence electrons. The molecule has 0 radical (unpaired) electrons. The highest BCUT2D eigenvalue weighted by molar-refractivity contribution is 5.29. The lowest BCUT2D eigenvalue weighted by atomic mass is 10.0. The second-order valence-corrected chi connectivity index (χ2v) is 5.54. The van der Waals surface area contributed by atoms with Crippen molar-refractivity contribution in [2.45, 2.75) is 58.0 Å². The summed E-state index contributed by atoms with van der Waals surface area (Å²) in [6, 6.07) is 3.06. The third-order valence-electron chi connectivity index (χ3n) is 3.77. The second-order valence-electron chi connectivity index (χ2n) is 5.54. The molecule has 1 aliphatic rings. The van der Waals surface area contributed by atoms with Gasteiger partial charge in [-0.2, -0.15) is 0 Å². The first-order valence-corrected chi connectivity index (χ1v) is 7.57. The molecule has 0 bridgehead atoms. The van der Waals surface area contributed by atoms with Gasteiger partial charge < -0.3 is 10.2 Å². The Balaban J connectivity index is 1.84. The number of piperidine rings is 1. The molecular weight excluding hydrogens is 236 g/mol. The van der Waals surface area contributed by atoms with E-state index in [1.54, 1.807) is 0 Å². The van der Waals surface area contributed by atoms with E-state index < -0.39 is 0 Å². The Morgan fingerprint density at radius 2 is 2.21 bits per heavy atom. The number of aromatic nitrogens is 2. The van der Waals surface area contributed by atoms with Crippen molar-refractivity contribution in [2.75, 3.05) is 18.0 Å². The number of nitrogens with one attached hydrogen (secondary N) is 1. The van der Waals surface area contributed by atoms with Gasteiger partial charge in [-0.1, -0.05) is 19.8 Å². The third kappa shape index (κ3) is 4.46. The Morgan fingerprint density at radius 3 is 2.95 bits per heavy atom. The van der Waals surface area contributed by atoms with Crippen LogP contribution in [0.4, 0.5) is 5.95 Å². The standard InChI is InChI=1S/C15H26N4/c1-3-4-7-13(2)18-14-8-5-11-19(12-14)15-16-9-6-10-17-15/h6,9-10,13-14,18H,3-5,7-8,11-12H2,1-2H3. The Bertz CT molecular complexity index is 354. The molecule has 0 amide bonds. The number of hydrogen-bond donors (Lipinski definition) is 1. The van der Waals surface area contributed by atoms with Crippen molar-refractivity contribution in [3.8, 4) is 0 Å². The Kier molecular flexibility index (Phi) is 5.58. The number of unbranched alkanes of at least 4 members (excludes halogenated alkanes) is 1. The average molecular weight is 262 g/mol. The first kappa shape index (κ1) is 14.3. The Morgan fingerprint density at radius 1 is 1.42 bits per heavy atom. The lowest BCUT2D eigenvalue weighted by Gasteiger charge is -2.34. The largest absolute Gasteiger partial charge is 0.339 e. The summed E-state index contributed by atoms with van der Waals surface area (Å²) < 4.78 is 0. The Labute approximate surface area is 116 Å². The van der Waals surface area contributed by atoms with Crippen molar-refractivity contribution in [3.63, 3.8) is 0 Å². The lowest BCUT2D eigenvalue weighted by Crippen LogP contribution is -2.49. The fraction of sp³-hybridized carbons (Fsp3) is 0.733. The molecule has 1 aliphatic heterocycles. The summed E-state index contributed by atoms with van der Waals surface area (Å²) in [5.41, 5.74) is 0. The number of hydrogen-bond acceptors (Lipinski definition) is 4. The molecule has 2 unspecified atom stereocenters. The predicted octanol–water partition coefficient (Wildman–Crippen LogP) is 2.61. The summed E-state index contributed by atoms with van der Waals surface area (Å²) in [4.78, 5) is 11.0. The normalized spacial score (nSPS) is 21.4. The van der Waals surface area contributed by atoms with Crippen LogP contribution in [0.5, 0.6) is 0 Å². The van der Waals surface area contributed by atoms with Gasteiger partial charge >= 0.3 is 0 Å². The van der Waals surface area contributed by atoms with Crippen LogP contribution >= 0.6 is 0 Å². The SMILES string of the molecule is CCCCC(C)NC1CCCN(c2ncccn2)C1. The maximum Gasteiger partial charge on any atom is 0.225 e. The number of nitrogens with zero attached hydrogens (tertiary/aromatic N) is 3. The lowest BCUT2D eigenvalue weighted by molar-refractivity contribution is 0.367. The molecule has 2 rings (SSSR count). The van der Waals surface area contributed by atoms with Gasteiger partial charge in [-0.3, -0.25) is 0 Å². The van der Waals surface area contributed by atoms with Gasteiger partial charge in [-0.25, -0.2) is 9.97 Å². The highest BCUT2D eigenvalue weighted by atomic mass is 15.3. The smallest absolute Gasteiger partial charge is 0.225 e. The van der Waals surface area contributed by atoms with Crippen molar-refractivity contribution in [1.82, 2.24) is 15.3 Å². The molecular formula is C15H26N4. The molecule has 0 saturated carbocycles. The summed E-state index contributed by atoms with van der Waals surface area (Å²) in [6.07, 6.45) is 9.99. The zero-order chi connectivity index (χ0) is 13.5. The molecule has 1 aromatic heterocycles. The minimum atomic E-state index is 0.574.